The average Bonchev–Trinajstić information content (AvgIpc) is 2.06. The van der Waals surface area contributed by atoms with E-state index < -0.39 is 6.10 Å². The van der Waals surface area contributed by atoms with Gasteiger partial charge in [0.25, 0.3) is 0 Å². The highest BCUT2D eigenvalue weighted by molar-refractivity contribution is 4.99. The van der Waals surface area contributed by atoms with Crippen LogP contribution in [0.1, 0.15) is 5.69 Å². The fourth-order valence-electron chi connectivity index (χ4n) is 0.932. The lowest BCUT2D eigenvalue weighted by Crippen LogP contribution is -2.17. The molecule has 0 aliphatic carbocycles. The molecule has 0 aliphatic rings. The Labute approximate surface area is 71.2 Å². The molecule has 0 saturated heterocycles. The molecule has 1 unspecified atom stereocenters. The van der Waals surface area contributed by atoms with Crippen molar-refractivity contribution in [2.75, 3.05) is 13.7 Å². The summed E-state index contributed by atoms with van der Waals surface area (Å²) >= 11 is 0. The standard InChI is InChI=1S/C8H12N2O2/c1-12-5-8(11)4-7-2-3-9-6-10-7/h2-3,6,8,11H,4-5H2,1H3. The Balaban J connectivity index is 2.41. The maximum atomic E-state index is 9.32. The number of aliphatic hydroxyl groups excluding tert-OH is 1. The smallest absolute Gasteiger partial charge is 0.115 e. The molecule has 1 rings (SSSR count). The van der Waals surface area contributed by atoms with Crippen LogP contribution in [0.15, 0.2) is 18.6 Å². The molecule has 0 aliphatic heterocycles. The normalized spacial score (nSPS) is 12.8. The largest absolute Gasteiger partial charge is 0.390 e. The number of hydrogen-bond acceptors (Lipinski definition) is 4. The van der Waals surface area contributed by atoms with Crippen molar-refractivity contribution in [1.29, 1.82) is 0 Å². The summed E-state index contributed by atoms with van der Waals surface area (Å²) in [6, 6.07) is 1.78. The van der Waals surface area contributed by atoms with E-state index >= 15 is 0 Å². The first-order valence-corrected chi connectivity index (χ1v) is 3.75. The maximum absolute atomic E-state index is 9.32. The summed E-state index contributed by atoms with van der Waals surface area (Å²) < 4.78 is 4.78. The van der Waals surface area contributed by atoms with Crippen LogP contribution < -0.4 is 0 Å². The molecule has 0 saturated carbocycles. The van der Waals surface area contributed by atoms with Gasteiger partial charge in [0.2, 0.25) is 0 Å². The monoisotopic (exact) mass is 168 g/mol. The van der Waals surface area contributed by atoms with E-state index in [4.69, 9.17) is 4.74 Å². The van der Waals surface area contributed by atoms with Crippen LogP contribution in [0, 0.1) is 0 Å². The Morgan fingerprint density at radius 3 is 3.08 bits per heavy atom. The minimum absolute atomic E-state index is 0.337. The summed E-state index contributed by atoms with van der Waals surface area (Å²) in [4.78, 5) is 7.75. The second-order valence-electron chi connectivity index (χ2n) is 2.51. The summed E-state index contributed by atoms with van der Waals surface area (Å²) in [5.41, 5.74) is 0.828. The number of hydrogen-bond donors (Lipinski definition) is 1. The molecular weight excluding hydrogens is 156 g/mol. The Morgan fingerprint density at radius 2 is 2.50 bits per heavy atom. The lowest BCUT2D eigenvalue weighted by Gasteiger charge is -2.07. The highest BCUT2D eigenvalue weighted by Crippen LogP contribution is 1.97. The van der Waals surface area contributed by atoms with Crippen molar-refractivity contribution >= 4 is 0 Å². The van der Waals surface area contributed by atoms with E-state index in [1.165, 1.54) is 6.33 Å². The molecule has 4 heteroatoms. The number of aromatic nitrogens is 2. The third-order valence-electron chi connectivity index (χ3n) is 1.45. The van der Waals surface area contributed by atoms with E-state index in [1.807, 2.05) is 0 Å². The van der Waals surface area contributed by atoms with Gasteiger partial charge in [0.05, 0.1) is 12.7 Å². The zero-order valence-corrected chi connectivity index (χ0v) is 6.97. The molecule has 1 atom stereocenters. The minimum atomic E-state index is -0.482. The lowest BCUT2D eigenvalue weighted by molar-refractivity contribution is 0.0644. The van der Waals surface area contributed by atoms with Crippen molar-refractivity contribution < 1.29 is 9.84 Å². The number of methoxy groups -OCH3 is 1. The van der Waals surface area contributed by atoms with Crippen molar-refractivity contribution in [3.63, 3.8) is 0 Å². The summed E-state index contributed by atoms with van der Waals surface area (Å²) in [6.45, 7) is 0.337. The Kier molecular flexibility index (Phi) is 3.63. The molecule has 12 heavy (non-hydrogen) atoms. The van der Waals surface area contributed by atoms with Gasteiger partial charge in [-0.05, 0) is 6.07 Å². The van der Waals surface area contributed by atoms with E-state index in [1.54, 1.807) is 19.4 Å². The van der Waals surface area contributed by atoms with E-state index in [9.17, 15) is 5.11 Å². The summed E-state index contributed by atoms with van der Waals surface area (Å²) in [5, 5.41) is 9.32. The fourth-order valence-corrected chi connectivity index (χ4v) is 0.932. The molecule has 0 radical (unpaired) electrons. The van der Waals surface area contributed by atoms with E-state index in [2.05, 4.69) is 9.97 Å². The molecule has 0 aromatic carbocycles. The first-order valence-electron chi connectivity index (χ1n) is 3.75. The van der Waals surface area contributed by atoms with Crippen LogP contribution in [0.3, 0.4) is 0 Å². The van der Waals surface area contributed by atoms with Crippen molar-refractivity contribution in [3.8, 4) is 0 Å². The van der Waals surface area contributed by atoms with Crippen LogP contribution in [0.2, 0.25) is 0 Å². The van der Waals surface area contributed by atoms with Crippen molar-refractivity contribution in [3.05, 3.63) is 24.3 Å². The molecule has 0 amide bonds. The van der Waals surface area contributed by atoms with Gasteiger partial charge in [-0.2, -0.15) is 0 Å². The molecule has 1 N–H and O–H groups in total. The van der Waals surface area contributed by atoms with Gasteiger partial charge in [-0.25, -0.2) is 9.97 Å². The summed E-state index contributed by atoms with van der Waals surface area (Å²) in [7, 11) is 1.56. The number of nitrogens with zero attached hydrogens (tertiary/aromatic N) is 2. The van der Waals surface area contributed by atoms with Crippen molar-refractivity contribution in [1.82, 2.24) is 9.97 Å². The third kappa shape index (κ3) is 2.94. The highest BCUT2D eigenvalue weighted by Gasteiger charge is 2.04. The van der Waals surface area contributed by atoms with Gasteiger partial charge in [-0.1, -0.05) is 0 Å². The van der Waals surface area contributed by atoms with E-state index in [-0.39, 0.29) is 0 Å². The summed E-state index contributed by atoms with van der Waals surface area (Å²) in [6.07, 6.45) is 3.15. The zero-order chi connectivity index (χ0) is 8.81. The van der Waals surface area contributed by atoms with Crippen LogP contribution in [-0.2, 0) is 11.2 Å². The van der Waals surface area contributed by atoms with E-state index in [0.29, 0.717) is 13.0 Å². The van der Waals surface area contributed by atoms with Crippen molar-refractivity contribution in [2.45, 2.75) is 12.5 Å². The van der Waals surface area contributed by atoms with Crippen LogP contribution in [-0.4, -0.2) is 34.9 Å². The Hall–Kier alpha value is -1.00. The second-order valence-corrected chi connectivity index (χ2v) is 2.51. The first kappa shape index (κ1) is 9.09. The molecule has 0 fully saturated rings. The van der Waals surface area contributed by atoms with Gasteiger partial charge >= 0.3 is 0 Å². The predicted octanol–water partition coefficient (Wildman–Crippen LogP) is 0.0264. The second kappa shape index (κ2) is 4.79. The highest BCUT2D eigenvalue weighted by atomic mass is 16.5. The molecule has 1 heterocycles. The molecule has 4 nitrogen and oxygen atoms in total. The molecule has 0 spiro atoms. The van der Waals surface area contributed by atoms with Crippen LogP contribution in [0.4, 0.5) is 0 Å². The van der Waals surface area contributed by atoms with Crippen molar-refractivity contribution in [2.24, 2.45) is 0 Å². The van der Waals surface area contributed by atoms with Crippen LogP contribution >= 0.6 is 0 Å². The lowest BCUT2D eigenvalue weighted by atomic mass is 10.2. The van der Waals surface area contributed by atoms with Crippen LogP contribution in [0.25, 0.3) is 0 Å². The van der Waals surface area contributed by atoms with Gasteiger partial charge in [0, 0.05) is 25.4 Å². The van der Waals surface area contributed by atoms with Gasteiger partial charge in [0.15, 0.2) is 0 Å². The topological polar surface area (TPSA) is 55.2 Å². The predicted molar refractivity (Wildman–Crippen MR) is 43.6 cm³/mol. The zero-order valence-electron chi connectivity index (χ0n) is 6.97. The minimum Gasteiger partial charge on any atom is -0.390 e. The van der Waals surface area contributed by atoms with Gasteiger partial charge in [-0.3, -0.25) is 0 Å². The Bertz CT molecular complexity index is 216. The van der Waals surface area contributed by atoms with Gasteiger partial charge < -0.3 is 9.84 Å². The fraction of sp³-hybridized carbons (Fsp3) is 0.500. The molecule has 0 bridgehead atoms. The first-order chi connectivity index (χ1) is 5.83. The summed E-state index contributed by atoms with van der Waals surface area (Å²) in [5.74, 6) is 0. The molecule has 66 valence electrons. The molecular formula is C8H12N2O2. The third-order valence-corrected chi connectivity index (χ3v) is 1.45. The number of ether oxygens (including phenoxy) is 1. The SMILES string of the molecule is COCC(O)Cc1ccncn1. The molecule has 1 aromatic rings. The average molecular weight is 168 g/mol. The number of rotatable bonds is 4. The van der Waals surface area contributed by atoms with E-state index in [0.717, 1.165) is 5.69 Å². The van der Waals surface area contributed by atoms with Gasteiger partial charge in [-0.15, -0.1) is 0 Å². The maximum Gasteiger partial charge on any atom is 0.115 e. The number of aliphatic hydroxyl groups is 1. The quantitative estimate of drug-likeness (QED) is 0.689. The van der Waals surface area contributed by atoms with Crippen LogP contribution in [0.5, 0.6) is 0 Å². The Morgan fingerprint density at radius 1 is 1.67 bits per heavy atom. The van der Waals surface area contributed by atoms with Gasteiger partial charge in [0.1, 0.15) is 6.33 Å². The molecule has 1 aromatic heterocycles.